The molecule has 0 aromatic heterocycles. The van der Waals surface area contributed by atoms with Gasteiger partial charge < -0.3 is 14.4 Å². The minimum absolute atomic E-state index is 0.0476. The first-order valence-corrected chi connectivity index (χ1v) is 7.77. The van der Waals surface area contributed by atoms with Gasteiger partial charge in [-0.25, -0.2) is 4.79 Å². The highest BCUT2D eigenvalue weighted by atomic mass is 16.6. The lowest BCUT2D eigenvalue weighted by molar-refractivity contribution is -0.124. The number of hydrogen-bond donors (Lipinski definition) is 0. The topological polar surface area (TPSA) is 49.9 Å². The Labute approximate surface area is 137 Å². The highest BCUT2D eigenvalue weighted by Gasteiger charge is 2.44. The fourth-order valence-corrected chi connectivity index (χ4v) is 3.31. The first-order valence-electron chi connectivity index (χ1n) is 7.77. The summed E-state index contributed by atoms with van der Waals surface area (Å²) < 4.78 is 5.39. The van der Waals surface area contributed by atoms with Crippen LogP contribution in [0.2, 0.25) is 0 Å². The molecule has 0 saturated carbocycles. The second-order valence-electron chi connectivity index (χ2n) is 6.18. The molecular formula is C17H19BN2O3. The molecule has 0 unspecified atom stereocenters. The maximum atomic E-state index is 12.3. The Morgan fingerprint density at radius 1 is 1.39 bits per heavy atom. The zero-order valence-corrected chi connectivity index (χ0v) is 13.1. The summed E-state index contributed by atoms with van der Waals surface area (Å²) in [5.41, 5.74) is 0.492. The van der Waals surface area contributed by atoms with Crippen LogP contribution in [0.3, 0.4) is 0 Å². The molecule has 3 rings (SSSR count). The first kappa shape index (κ1) is 15.7. The Morgan fingerprint density at radius 2 is 2.13 bits per heavy atom. The number of rotatable bonds is 2. The average Bonchev–Trinajstić information content (AvgIpc) is 2.82. The minimum atomic E-state index is -0.466. The second-order valence-corrected chi connectivity index (χ2v) is 6.18. The molecule has 2 amide bonds. The van der Waals surface area contributed by atoms with Crippen LogP contribution < -0.4 is 0 Å². The monoisotopic (exact) mass is 310 g/mol. The smallest absolute Gasteiger partial charge is 0.410 e. The molecule has 23 heavy (non-hydrogen) atoms. The third kappa shape index (κ3) is 2.98. The molecule has 0 bridgehead atoms. The molecule has 1 aromatic rings. The molecule has 1 saturated heterocycles. The lowest BCUT2D eigenvalue weighted by Crippen LogP contribution is -2.56. The number of amides is 2. The van der Waals surface area contributed by atoms with Crippen molar-refractivity contribution in [2.75, 3.05) is 6.54 Å². The van der Waals surface area contributed by atoms with E-state index in [1.165, 1.54) is 10.9 Å². The lowest BCUT2D eigenvalue weighted by Gasteiger charge is -2.46. The fourth-order valence-electron chi connectivity index (χ4n) is 3.31. The van der Waals surface area contributed by atoms with Gasteiger partial charge in [-0.3, -0.25) is 4.79 Å². The van der Waals surface area contributed by atoms with E-state index in [2.05, 4.69) is 0 Å². The summed E-state index contributed by atoms with van der Waals surface area (Å²) in [6.45, 7) is 2.73. The van der Waals surface area contributed by atoms with Crippen LogP contribution in [-0.2, 0) is 16.1 Å². The van der Waals surface area contributed by atoms with Crippen LogP contribution in [-0.4, -0.2) is 47.8 Å². The van der Waals surface area contributed by atoms with Gasteiger partial charge in [0.15, 0.2) is 0 Å². The quantitative estimate of drug-likeness (QED) is 0.785. The Hall–Kier alpha value is -2.24. The van der Waals surface area contributed by atoms with E-state index in [0.29, 0.717) is 19.4 Å². The van der Waals surface area contributed by atoms with E-state index in [-0.39, 0.29) is 24.6 Å². The second kappa shape index (κ2) is 6.10. The van der Waals surface area contributed by atoms with Gasteiger partial charge in [-0.2, -0.15) is 0 Å². The average molecular weight is 310 g/mol. The van der Waals surface area contributed by atoms with Gasteiger partial charge in [0.25, 0.3) is 0 Å². The fraction of sp³-hybridized carbons (Fsp3) is 0.412. The van der Waals surface area contributed by atoms with E-state index < -0.39 is 5.54 Å². The predicted molar refractivity (Wildman–Crippen MR) is 86.5 cm³/mol. The van der Waals surface area contributed by atoms with Crippen LogP contribution in [0, 0.1) is 0 Å². The number of benzene rings is 1. The van der Waals surface area contributed by atoms with Crippen LogP contribution in [0.1, 0.15) is 25.3 Å². The van der Waals surface area contributed by atoms with E-state index >= 15 is 0 Å². The minimum Gasteiger partial charge on any atom is -0.445 e. The largest absolute Gasteiger partial charge is 0.445 e. The van der Waals surface area contributed by atoms with Gasteiger partial charge in [0, 0.05) is 18.7 Å². The number of ether oxygens (including phenoxy) is 1. The SMILES string of the molecule is [B]N1C(=O)C=C[C@]12CCN(C(=O)OCc1ccccc1)[C@@H](C)C2. The standard InChI is InChI=1S/C17H19BN2O3/c1-13-11-17(8-7-15(21)20(17)18)9-10-19(13)16(22)23-12-14-5-3-2-4-6-14/h2-8,13H,9-12H2,1H3/t13-,17+/m0/s1. The Kier molecular flexibility index (Phi) is 4.15. The summed E-state index contributed by atoms with van der Waals surface area (Å²) in [5.74, 6) is -0.183. The molecule has 1 aromatic carbocycles. The first-order chi connectivity index (χ1) is 11.0. The molecule has 2 atom stereocenters. The van der Waals surface area contributed by atoms with E-state index in [0.717, 1.165) is 5.56 Å². The summed E-state index contributed by atoms with van der Waals surface area (Å²) in [5, 5.41) is 0. The zero-order chi connectivity index (χ0) is 16.4. The molecule has 0 N–H and O–H groups in total. The van der Waals surface area contributed by atoms with Gasteiger partial charge >= 0.3 is 6.09 Å². The van der Waals surface area contributed by atoms with Crippen LogP contribution in [0.25, 0.3) is 0 Å². The molecule has 2 radical (unpaired) electrons. The van der Waals surface area contributed by atoms with Crippen LogP contribution in [0.15, 0.2) is 42.5 Å². The predicted octanol–water partition coefficient (Wildman–Crippen LogP) is 2.03. The number of likely N-dealkylation sites (tertiary alicyclic amines) is 1. The normalized spacial score (nSPS) is 26.8. The lowest BCUT2D eigenvalue weighted by atomic mass is 9.82. The molecule has 1 fully saturated rings. The third-order valence-corrected chi connectivity index (χ3v) is 4.66. The maximum Gasteiger partial charge on any atom is 0.410 e. The van der Waals surface area contributed by atoms with E-state index in [1.807, 2.05) is 43.3 Å². The van der Waals surface area contributed by atoms with Gasteiger partial charge in [-0.1, -0.05) is 36.4 Å². The Morgan fingerprint density at radius 3 is 2.74 bits per heavy atom. The summed E-state index contributed by atoms with van der Waals surface area (Å²) in [4.78, 5) is 26.9. The van der Waals surface area contributed by atoms with Crippen molar-refractivity contribution in [3.05, 3.63) is 48.0 Å². The molecule has 0 aliphatic carbocycles. The molecule has 1 spiro atoms. The van der Waals surface area contributed by atoms with Crippen molar-refractivity contribution in [2.45, 2.75) is 38.0 Å². The molecule has 2 heterocycles. The van der Waals surface area contributed by atoms with Gasteiger partial charge in [0.2, 0.25) is 13.9 Å². The molecule has 5 nitrogen and oxygen atoms in total. The van der Waals surface area contributed by atoms with E-state index in [4.69, 9.17) is 12.7 Å². The maximum absolute atomic E-state index is 12.3. The molecule has 2 aliphatic heterocycles. The number of nitrogens with zero attached hydrogens (tertiary/aromatic N) is 2. The number of carbonyl (C=O) groups is 2. The van der Waals surface area contributed by atoms with Crippen molar-refractivity contribution >= 4 is 20.0 Å². The van der Waals surface area contributed by atoms with Gasteiger partial charge in [0.05, 0.1) is 5.54 Å². The summed E-state index contributed by atoms with van der Waals surface area (Å²) >= 11 is 0. The van der Waals surface area contributed by atoms with E-state index in [1.54, 1.807) is 4.90 Å². The van der Waals surface area contributed by atoms with Gasteiger partial charge in [0.1, 0.15) is 6.61 Å². The summed E-state index contributed by atoms with van der Waals surface area (Å²) in [7, 11) is 5.89. The molecular weight excluding hydrogens is 291 g/mol. The molecule has 6 heteroatoms. The third-order valence-electron chi connectivity index (χ3n) is 4.66. The van der Waals surface area contributed by atoms with Crippen LogP contribution in [0.5, 0.6) is 0 Å². The van der Waals surface area contributed by atoms with Crippen LogP contribution >= 0.6 is 0 Å². The van der Waals surface area contributed by atoms with Gasteiger partial charge in [-0.05, 0) is 25.3 Å². The van der Waals surface area contributed by atoms with Crippen molar-refractivity contribution in [3.63, 3.8) is 0 Å². The van der Waals surface area contributed by atoms with Crippen molar-refractivity contribution in [1.29, 1.82) is 0 Å². The van der Waals surface area contributed by atoms with Crippen LogP contribution in [0.4, 0.5) is 4.79 Å². The highest BCUT2D eigenvalue weighted by Crippen LogP contribution is 2.36. The summed E-state index contributed by atoms with van der Waals surface area (Å²) in [6, 6.07) is 9.54. The van der Waals surface area contributed by atoms with E-state index in [9.17, 15) is 9.59 Å². The zero-order valence-electron chi connectivity index (χ0n) is 13.1. The van der Waals surface area contributed by atoms with Crippen molar-refractivity contribution in [2.24, 2.45) is 0 Å². The van der Waals surface area contributed by atoms with Crippen molar-refractivity contribution in [3.8, 4) is 0 Å². The molecule has 2 aliphatic rings. The Balaban J connectivity index is 1.59. The number of hydrogen-bond acceptors (Lipinski definition) is 3. The molecule has 118 valence electrons. The van der Waals surface area contributed by atoms with Crippen molar-refractivity contribution in [1.82, 2.24) is 9.71 Å². The summed E-state index contributed by atoms with van der Waals surface area (Å²) in [6.07, 6.45) is 4.28. The van der Waals surface area contributed by atoms with Crippen molar-refractivity contribution < 1.29 is 14.3 Å². The number of carbonyl (C=O) groups excluding carboxylic acids is 2. The Bertz CT molecular complexity index is 634. The highest BCUT2D eigenvalue weighted by molar-refractivity contribution is 6.18. The number of piperidine rings is 1. The van der Waals surface area contributed by atoms with Gasteiger partial charge in [-0.15, -0.1) is 0 Å².